The average Bonchev–Trinajstić information content (AvgIpc) is 2.33. The zero-order valence-electron chi connectivity index (χ0n) is 10.8. The van der Waals surface area contributed by atoms with E-state index in [9.17, 15) is 19.2 Å². The summed E-state index contributed by atoms with van der Waals surface area (Å²) in [6.07, 6.45) is -0.204. The van der Waals surface area contributed by atoms with Gasteiger partial charge in [-0.05, 0) is 6.42 Å². The predicted molar refractivity (Wildman–Crippen MR) is 63.8 cm³/mol. The van der Waals surface area contributed by atoms with Crippen LogP contribution in [-0.4, -0.2) is 42.0 Å². The normalized spacial score (nSPS) is 13.2. The van der Waals surface area contributed by atoms with E-state index in [0.717, 1.165) is 0 Å². The molecule has 0 spiro atoms. The van der Waals surface area contributed by atoms with Crippen LogP contribution in [0.15, 0.2) is 0 Å². The molecule has 0 bridgehead atoms. The summed E-state index contributed by atoms with van der Waals surface area (Å²) in [6, 6.07) is -1.36. The van der Waals surface area contributed by atoms with E-state index in [-0.39, 0.29) is 12.8 Å². The van der Waals surface area contributed by atoms with Gasteiger partial charge in [-0.25, -0.2) is 4.79 Å². The van der Waals surface area contributed by atoms with E-state index < -0.39 is 42.1 Å². The largest absolute Gasteiger partial charge is 0.480 e. The minimum atomic E-state index is -1.36. The van der Waals surface area contributed by atoms with E-state index >= 15 is 0 Å². The number of esters is 1. The van der Waals surface area contributed by atoms with Crippen LogP contribution in [0.4, 0.5) is 0 Å². The Morgan fingerprint density at radius 2 is 1.89 bits per heavy atom. The van der Waals surface area contributed by atoms with Gasteiger partial charge in [0.25, 0.3) is 0 Å². The van der Waals surface area contributed by atoms with Crippen molar-refractivity contribution in [1.82, 2.24) is 5.32 Å². The molecule has 0 rings (SSSR count). The van der Waals surface area contributed by atoms with Crippen molar-refractivity contribution in [2.75, 3.05) is 7.11 Å². The van der Waals surface area contributed by atoms with E-state index in [1.807, 2.05) is 0 Å². The molecule has 0 heterocycles. The Bertz CT molecular complexity index is 368. The zero-order valence-corrected chi connectivity index (χ0v) is 10.8. The Labute approximate surface area is 110 Å². The van der Waals surface area contributed by atoms with Gasteiger partial charge in [-0.15, -0.1) is 0 Å². The first-order valence-electron chi connectivity index (χ1n) is 5.66. The number of hydrogen-bond acceptors (Lipinski definition) is 5. The Kier molecular flexibility index (Phi) is 7.16. The maximum Gasteiger partial charge on any atom is 0.326 e. The minimum absolute atomic E-state index is 0.0542. The second-order valence-corrected chi connectivity index (χ2v) is 4.09. The molecule has 19 heavy (non-hydrogen) atoms. The van der Waals surface area contributed by atoms with Crippen molar-refractivity contribution in [3.8, 4) is 0 Å². The number of carbonyl (C=O) groups excluding carboxylic acids is 3. The molecule has 0 aromatic carbocycles. The maximum atomic E-state index is 11.7. The van der Waals surface area contributed by atoms with Gasteiger partial charge in [-0.1, -0.05) is 6.92 Å². The average molecular weight is 274 g/mol. The highest BCUT2D eigenvalue weighted by Crippen LogP contribution is 2.07. The Morgan fingerprint density at radius 3 is 2.32 bits per heavy atom. The van der Waals surface area contributed by atoms with Gasteiger partial charge in [0.1, 0.15) is 6.04 Å². The number of rotatable bonds is 8. The van der Waals surface area contributed by atoms with Crippen LogP contribution < -0.4 is 11.1 Å². The van der Waals surface area contributed by atoms with Gasteiger partial charge in [-0.2, -0.15) is 0 Å². The lowest BCUT2D eigenvalue weighted by molar-refractivity contribution is -0.144. The first-order chi connectivity index (χ1) is 8.77. The molecule has 0 aliphatic heterocycles. The molecule has 1 unspecified atom stereocenters. The summed E-state index contributed by atoms with van der Waals surface area (Å²) in [5, 5.41) is 11.0. The third-order valence-electron chi connectivity index (χ3n) is 2.48. The van der Waals surface area contributed by atoms with Crippen LogP contribution in [0.25, 0.3) is 0 Å². The molecule has 108 valence electrons. The standard InChI is InChI=1S/C11H18N2O6/c1-6(3-4-9(15)19-2)10(16)13-7(11(17)18)5-8(12)14/h6-7H,3-5H2,1-2H3,(H2,12,14)(H,13,16)(H,17,18)/t6?,7-/m0/s1. The molecule has 0 aromatic rings. The van der Waals surface area contributed by atoms with Crippen molar-refractivity contribution in [3.05, 3.63) is 0 Å². The van der Waals surface area contributed by atoms with Crippen LogP contribution in [0.2, 0.25) is 0 Å². The Hall–Kier alpha value is -2.12. The number of primary amides is 1. The Balaban J connectivity index is 4.35. The van der Waals surface area contributed by atoms with E-state index in [2.05, 4.69) is 10.1 Å². The summed E-state index contributed by atoms with van der Waals surface area (Å²) in [7, 11) is 1.24. The lowest BCUT2D eigenvalue weighted by atomic mass is 10.0. The molecule has 2 atom stereocenters. The number of ether oxygens (including phenoxy) is 1. The number of carbonyl (C=O) groups is 4. The fourth-order valence-electron chi connectivity index (χ4n) is 1.28. The van der Waals surface area contributed by atoms with Crippen molar-refractivity contribution in [3.63, 3.8) is 0 Å². The number of nitrogens with one attached hydrogen (secondary N) is 1. The minimum Gasteiger partial charge on any atom is -0.480 e. The molecule has 0 radical (unpaired) electrons. The number of amides is 2. The monoisotopic (exact) mass is 274 g/mol. The quantitative estimate of drug-likeness (QED) is 0.487. The molecule has 4 N–H and O–H groups in total. The SMILES string of the molecule is COC(=O)CCC(C)C(=O)N[C@@H](CC(N)=O)C(=O)O. The number of carboxylic acids is 1. The van der Waals surface area contributed by atoms with Crippen LogP contribution in [0.1, 0.15) is 26.2 Å². The van der Waals surface area contributed by atoms with E-state index in [1.165, 1.54) is 7.11 Å². The molecular formula is C11H18N2O6. The van der Waals surface area contributed by atoms with Crippen molar-refractivity contribution in [2.45, 2.75) is 32.2 Å². The third-order valence-corrected chi connectivity index (χ3v) is 2.48. The van der Waals surface area contributed by atoms with Crippen LogP contribution in [0, 0.1) is 5.92 Å². The van der Waals surface area contributed by atoms with E-state index in [0.29, 0.717) is 0 Å². The second kappa shape index (κ2) is 8.06. The van der Waals surface area contributed by atoms with Crippen molar-refractivity contribution < 1.29 is 29.0 Å². The lowest BCUT2D eigenvalue weighted by Gasteiger charge is -2.16. The van der Waals surface area contributed by atoms with Crippen LogP contribution in [-0.2, 0) is 23.9 Å². The fourth-order valence-corrected chi connectivity index (χ4v) is 1.28. The number of aliphatic carboxylic acids is 1. The number of hydrogen-bond donors (Lipinski definition) is 3. The highest BCUT2D eigenvalue weighted by molar-refractivity contribution is 5.88. The number of carboxylic acid groups (broad SMARTS) is 1. The van der Waals surface area contributed by atoms with Gasteiger partial charge in [0, 0.05) is 12.3 Å². The molecule has 0 saturated heterocycles. The van der Waals surface area contributed by atoms with Crippen LogP contribution in [0.5, 0.6) is 0 Å². The molecule has 0 saturated carbocycles. The summed E-state index contributed by atoms with van der Waals surface area (Å²) in [5.74, 6) is -3.75. The van der Waals surface area contributed by atoms with Gasteiger partial charge >= 0.3 is 11.9 Å². The third kappa shape index (κ3) is 7.02. The van der Waals surface area contributed by atoms with E-state index in [4.69, 9.17) is 10.8 Å². The van der Waals surface area contributed by atoms with Gasteiger partial charge in [0.2, 0.25) is 11.8 Å². The number of methoxy groups -OCH3 is 1. The summed E-state index contributed by atoms with van der Waals surface area (Å²) in [4.78, 5) is 44.0. The van der Waals surface area contributed by atoms with Gasteiger partial charge < -0.3 is 20.9 Å². The number of nitrogens with two attached hydrogens (primary N) is 1. The fraction of sp³-hybridized carbons (Fsp3) is 0.636. The highest BCUT2D eigenvalue weighted by atomic mass is 16.5. The zero-order chi connectivity index (χ0) is 15.0. The van der Waals surface area contributed by atoms with Crippen molar-refractivity contribution in [1.29, 1.82) is 0 Å². The lowest BCUT2D eigenvalue weighted by Crippen LogP contribution is -2.45. The molecule has 0 aromatic heterocycles. The second-order valence-electron chi connectivity index (χ2n) is 4.09. The molecule has 0 fully saturated rings. The van der Waals surface area contributed by atoms with Crippen LogP contribution >= 0.6 is 0 Å². The Morgan fingerprint density at radius 1 is 1.32 bits per heavy atom. The summed E-state index contributed by atoms with van der Waals surface area (Å²) in [5.41, 5.74) is 4.88. The van der Waals surface area contributed by atoms with Gasteiger partial charge in [0.15, 0.2) is 0 Å². The first kappa shape index (κ1) is 16.9. The molecule has 8 nitrogen and oxygen atoms in total. The molecular weight excluding hydrogens is 256 g/mol. The van der Waals surface area contributed by atoms with Crippen molar-refractivity contribution >= 4 is 23.8 Å². The summed E-state index contributed by atoms with van der Waals surface area (Å²) in [6.45, 7) is 1.54. The summed E-state index contributed by atoms with van der Waals surface area (Å²) >= 11 is 0. The molecule has 0 aliphatic carbocycles. The smallest absolute Gasteiger partial charge is 0.326 e. The van der Waals surface area contributed by atoms with Crippen molar-refractivity contribution in [2.24, 2.45) is 11.7 Å². The van der Waals surface area contributed by atoms with E-state index in [1.54, 1.807) is 6.92 Å². The molecule has 2 amide bonds. The first-order valence-corrected chi connectivity index (χ1v) is 5.66. The molecule has 0 aliphatic rings. The predicted octanol–water partition coefficient (Wildman–Crippen LogP) is -0.979. The highest BCUT2D eigenvalue weighted by Gasteiger charge is 2.24. The van der Waals surface area contributed by atoms with Gasteiger partial charge in [-0.3, -0.25) is 14.4 Å². The van der Waals surface area contributed by atoms with Crippen LogP contribution in [0.3, 0.4) is 0 Å². The maximum absolute atomic E-state index is 11.7. The summed E-state index contributed by atoms with van der Waals surface area (Å²) < 4.78 is 4.43. The van der Waals surface area contributed by atoms with Gasteiger partial charge in [0.05, 0.1) is 13.5 Å². The molecule has 8 heteroatoms. The topological polar surface area (TPSA) is 136 Å².